The smallest absolute Gasteiger partial charge is 0.326 e. The Morgan fingerprint density at radius 2 is 1.88 bits per heavy atom. The van der Waals surface area contributed by atoms with E-state index in [9.17, 15) is 14.4 Å². The Bertz CT molecular complexity index is 783. The lowest BCUT2D eigenvalue weighted by Gasteiger charge is -2.14. The van der Waals surface area contributed by atoms with Gasteiger partial charge in [-0.15, -0.1) is 0 Å². The zero-order valence-electron chi connectivity index (χ0n) is 14.1. The number of nitrogens with one attached hydrogen (secondary N) is 2. The highest BCUT2D eigenvalue weighted by Crippen LogP contribution is 2.17. The fourth-order valence-electron chi connectivity index (χ4n) is 2.02. The Labute approximate surface area is 155 Å². The van der Waals surface area contributed by atoms with E-state index in [0.717, 1.165) is 5.56 Å². The summed E-state index contributed by atoms with van der Waals surface area (Å²) in [6.45, 7) is 1.10. The first-order valence-electron chi connectivity index (χ1n) is 7.87. The summed E-state index contributed by atoms with van der Waals surface area (Å²) in [4.78, 5) is 39.4. The topological polar surface area (TPSA) is 97.4 Å². The zero-order chi connectivity index (χ0) is 18.9. The van der Waals surface area contributed by atoms with Gasteiger partial charge < -0.3 is 15.4 Å². The van der Waals surface area contributed by atoms with Crippen LogP contribution in [0.15, 0.2) is 48.7 Å². The van der Waals surface area contributed by atoms with E-state index in [4.69, 9.17) is 16.3 Å². The standard InChI is InChI=1S/C18H18ClN3O4/c1-12(18(25)22-14-8-5-9-20-17(14)19)26-16(24)11-21-15(23)10-13-6-3-2-4-7-13/h2-9,12H,10-11H2,1H3,(H,21,23)(H,22,25)/t12-/m1/s1. The van der Waals surface area contributed by atoms with Crippen molar-refractivity contribution in [3.05, 3.63) is 59.4 Å². The van der Waals surface area contributed by atoms with E-state index in [1.807, 2.05) is 30.3 Å². The number of hydrogen-bond donors (Lipinski definition) is 2. The van der Waals surface area contributed by atoms with E-state index in [1.165, 1.54) is 13.1 Å². The van der Waals surface area contributed by atoms with Crippen molar-refractivity contribution < 1.29 is 19.1 Å². The Kier molecular flexibility index (Phi) is 7.11. The maximum absolute atomic E-state index is 12.0. The number of carbonyl (C=O) groups excluding carboxylic acids is 3. The zero-order valence-corrected chi connectivity index (χ0v) is 14.8. The van der Waals surface area contributed by atoms with Crippen LogP contribution in [0.4, 0.5) is 5.69 Å². The Hall–Kier alpha value is -2.93. The lowest BCUT2D eigenvalue weighted by atomic mass is 10.1. The molecule has 2 N–H and O–H groups in total. The van der Waals surface area contributed by atoms with Crippen molar-refractivity contribution in [2.24, 2.45) is 0 Å². The molecule has 0 bridgehead atoms. The predicted molar refractivity (Wildman–Crippen MR) is 96.6 cm³/mol. The maximum atomic E-state index is 12.0. The van der Waals surface area contributed by atoms with Gasteiger partial charge in [0.15, 0.2) is 11.3 Å². The van der Waals surface area contributed by atoms with Crippen LogP contribution in [0, 0.1) is 0 Å². The maximum Gasteiger partial charge on any atom is 0.326 e. The molecule has 8 heteroatoms. The van der Waals surface area contributed by atoms with Crippen LogP contribution in [-0.2, 0) is 25.5 Å². The quantitative estimate of drug-likeness (QED) is 0.569. The molecule has 0 aliphatic rings. The molecule has 1 heterocycles. The minimum Gasteiger partial charge on any atom is -0.451 e. The Morgan fingerprint density at radius 3 is 2.58 bits per heavy atom. The normalized spacial score (nSPS) is 11.3. The first-order chi connectivity index (χ1) is 12.5. The summed E-state index contributed by atoms with van der Waals surface area (Å²) in [5.74, 6) is -1.58. The third kappa shape index (κ3) is 6.18. The number of rotatable bonds is 7. The first-order valence-corrected chi connectivity index (χ1v) is 8.25. The Morgan fingerprint density at radius 1 is 1.15 bits per heavy atom. The van der Waals surface area contributed by atoms with Gasteiger partial charge >= 0.3 is 5.97 Å². The van der Waals surface area contributed by atoms with Gasteiger partial charge in [0.05, 0.1) is 12.1 Å². The minimum absolute atomic E-state index is 0.132. The molecule has 7 nitrogen and oxygen atoms in total. The first kappa shape index (κ1) is 19.4. The molecule has 1 atom stereocenters. The van der Waals surface area contributed by atoms with Crippen LogP contribution in [0.1, 0.15) is 12.5 Å². The number of esters is 1. The molecule has 1 aromatic carbocycles. The van der Waals surface area contributed by atoms with Crippen LogP contribution in [0.3, 0.4) is 0 Å². The average molecular weight is 376 g/mol. The molecule has 136 valence electrons. The molecular weight excluding hydrogens is 358 g/mol. The van der Waals surface area contributed by atoms with Gasteiger partial charge in [-0.2, -0.15) is 0 Å². The molecule has 0 unspecified atom stereocenters. The summed E-state index contributed by atoms with van der Waals surface area (Å²) in [6.07, 6.45) is 0.591. The molecule has 0 radical (unpaired) electrons. The van der Waals surface area contributed by atoms with Crippen molar-refractivity contribution in [1.82, 2.24) is 10.3 Å². The van der Waals surface area contributed by atoms with Gasteiger partial charge in [0.1, 0.15) is 6.54 Å². The number of pyridine rings is 1. The van der Waals surface area contributed by atoms with Crippen LogP contribution in [0.5, 0.6) is 0 Å². The molecule has 0 saturated carbocycles. The van der Waals surface area contributed by atoms with Crippen LogP contribution < -0.4 is 10.6 Å². The third-order valence-electron chi connectivity index (χ3n) is 3.33. The largest absolute Gasteiger partial charge is 0.451 e. The molecule has 26 heavy (non-hydrogen) atoms. The molecule has 2 amide bonds. The third-order valence-corrected chi connectivity index (χ3v) is 3.63. The summed E-state index contributed by atoms with van der Waals surface area (Å²) < 4.78 is 5.00. The number of benzene rings is 1. The predicted octanol–water partition coefficient (Wildman–Crippen LogP) is 1.96. The number of ether oxygens (including phenoxy) is 1. The number of carbonyl (C=O) groups is 3. The van der Waals surface area contributed by atoms with Crippen molar-refractivity contribution >= 4 is 35.1 Å². The number of aromatic nitrogens is 1. The summed E-state index contributed by atoms with van der Waals surface area (Å²) in [5, 5.41) is 5.10. The van der Waals surface area contributed by atoms with E-state index >= 15 is 0 Å². The van der Waals surface area contributed by atoms with E-state index in [1.54, 1.807) is 12.1 Å². The van der Waals surface area contributed by atoms with Crippen molar-refractivity contribution in [1.29, 1.82) is 0 Å². The van der Waals surface area contributed by atoms with Gasteiger partial charge in [0, 0.05) is 6.20 Å². The van der Waals surface area contributed by atoms with E-state index in [2.05, 4.69) is 15.6 Å². The molecule has 0 spiro atoms. The van der Waals surface area contributed by atoms with Gasteiger partial charge in [-0.1, -0.05) is 41.9 Å². The fourth-order valence-corrected chi connectivity index (χ4v) is 2.19. The molecule has 0 aliphatic carbocycles. The highest BCUT2D eigenvalue weighted by atomic mass is 35.5. The summed E-state index contributed by atoms with van der Waals surface area (Å²) in [5.41, 5.74) is 1.15. The van der Waals surface area contributed by atoms with Gasteiger partial charge in [-0.05, 0) is 24.6 Å². The minimum atomic E-state index is -1.05. The highest BCUT2D eigenvalue weighted by molar-refractivity contribution is 6.32. The van der Waals surface area contributed by atoms with Gasteiger partial charge in [-0.3, -0.25) is 14.4 Å². The van der Waals surface area contributed by atoms with Crippen LogP contribution >= 0.6 is 11.6 Å². The molecule has 0 saturated heterocycles. The molecule has 2 aromatic rings. The van der Waals surface area contributed by atoms with Crippen molar-refractivity contribution in [3.63, 3.8) is 0 Å². The number of amides is 2. The lowest BCUT2D eigenvalue weighted by Crippen LogP contribution is -2.36. The van der Waals surface area contributed by atoms with Crippen molar-refractivity contribution in [2.75, 3.05) is 11.9 Å². The van der Waals surface area contributed by atoms with Gasteiger partial charge in [-0.25, -0.2) is 4.98 Å². The summed E-state index contributed by atoms with van der Waals surface area (Å²) >= 11 is 5.85. The number of anilines is 1. The molecule has 0 aliphatic heterocycles. The summed E-state index contributed by atoms with van der Waals surface area (Å²) in [6, 6.07) is 12.3. The van der Waals surface area contributed by atoms with Gasteiger partial charge in [0.2, 0.25) is 5.91 Å². The highest BCUT2D eigenvalue weighted by Gasteiger charge is 2.19. The second-order valence-corrected chi connectivity index (χ2v) is 5.76. The number of hydrogen-bond acceptors (Lipinski definition) is 5. The van der Waals surface area contributed by atoms with Crippen LogP contribution in [0.25, 0.3) is 0 Å². The van der Waals surface area contributed by atoms with Gasteiger partial charge in [0.25, 0.3) is 5.91 Å². The molecular formula is C18H18ClN3O4. The SMILES string of the molecule is C[C@@H](OC(=O)CNC(=O)Cc1ccccc1)C(=O)Nc1cccnc1Cl. The van der Waals surface area contributed by atoms with Crippen LogP contribution in [0.2, 0.25) is 5.15 Å². The van der Waals surface area contributed by atoms with Crippen LogP contribution in [-0.4, -0.2) is 35.4 Å². The summed E-state index contributed by atoms with van der Waals surface area (Å²) in [7, 11) is 0. The fraction of sp³-hybridized carbons (Fsp3) is 0.222. The molecule has 0 fully saturated rings. The van der Waals surface area contributed by atoms with E-state index in [0.29, 0.717) is 5.69 Å². The molecule has 1 aromatic heterocycles. The number of halogens is 1. The second-order valence-electron chi connectivity index (χ2n) is 5.40. The van der Waals surface area contributed by atoms with E-state index < -0.39 is 18.0 Å². The van der Waals surface area contributed by atoms with E-state index in [-0.39, 0.29) is 24.0 Å². The molecule has 2 rings (SSSR count). The van der Waals surface area contributed by atoms with Crippen molar-refractivity contribution in [2.45, 2.75) is 19.4 Å². The monoisotopic (exact) mass is 375 g/mol. The Balaban J connectivity index is 1.75. The average Bonchev–Trinajstić information content (AvgIpc) is 2.62. The number of nitrogens with zero attached hydrogens (tertiary/aromatic N) is 1. The second kappa shape index (κ2) is 9.53. The lowest BCUT2D eigenvalue weighted by molar-refractivity contribution is -0.152. The van der Waals surface area contributed by atoms with Crippen molar-refractivity contribution in [3.8, 4) is 0 Å².